The van der Waals surface area contributed by atoms with Crippen LogP contribution in [0.5, 0.6) is 0 Å². The molecule has 0 bridgehead atoms. The quantitative estimate of drug-likeness (QED) is 0.406. The van der Waals surface area contributed by atoms with E-state index in [1.54, 1.807) is 0 Å². The van der Waals surface area contributed by atoms with E-state index >= 15 is 0 Å². The molecule has 29 heavy (non-hydrogen) atoms. The number of hydrogen-bond donors (Lipinski definition) is 1. The summed E-state index contributed by atoms with van der Waals surface area (Å²) in [5.74, 6) is 0.392. The number of carbonyl (C=O) groups is 1. The third kappa shape index (κ3) is 2.61. The Kier molecular flexibility index (Phi) is 4.42. The van der Waals surface area contributed by atoms with Crippen LogP contribution in [0.3, 0.4) is 0 Å². The van der Waals surface area contributed by atoms with Gasteiger partial charge >= 0.3 is 5.97 Å². The maximum absolute atomic E-state index is 11.5. The standard InChI is InChI=1S/C23H33NO5/c1-14(25)29-16-4-7-21(2)15(12-16)13-19(24-26)20-17(21)5-8-22(3)18(20)6-9-23(22)27-10-11-28-23/h13,16-18,20,26H,4-12H2,1-3H3/t16-,17?,18?,20?,21-,22-/m0/s1. The molecule has 6 heteroatoms. The van der Waals surface area contributed by atoms with Crippen molar-refractivity contribution in [1.29, 1.82) is 0 Å². The first-order valence-corrected chi connectivity index (χ1v) is 11.2. The molecule has 3 saturated carbocycles. The summed E-state index contributed by atoms with van der Waals surface area (Å²) in [5.41, 5.74) is 2.12. The molecule has 4 fully saturated rings. The minimum atomic E-state index is -0.457. The van der Waals surface area contributed by atoms with E-state index in [2.05, 4.69) is 25.1 Å². The number of esters is 1. The highest BCUT2D eigenvalue weighted by atomic mass is 16.7. The molecule has 1 N–H and O–H groups in total. The number of hydrogen-bond acceptors (Lipinski definition) is 6. The van der Waals surface area contributed by atoms with E-state index in [4.69, 9.17) is 14.2 Å². The second-order valence-corrected chi connectivity index (χ2v) is 10.3. The molecule has 6 nitrogen and oxygen atoms in total. The van der Waals surface area contributed by atoms with Gasteiger partial charge in [-0.1, -0.05) is 24.6 Å². The first-order chi connectivity index (χ1) is 13.8. The zero-order valence-corrected chi connectivity index (χ0v) is 17.8. The van der Waals surface area contributed by atoms with Crippen LogP contribution < -0.4 is 0 Å². The van der Waals surface area contributed by atoms with Crippen molar-refractivity contribution in [2.45, 2.75) is 77.6 Å². The van der Waals surface area contributed by atoms with Gasteiger partial charge in [-0.3, -0.25) is 4.79 Å². The van der Waals surface area contributed by atoms with E-state index in [0.29, 0.717) is 25.0 Å². The molecule has 1 aliphatic heterocycles. The number of oxime groups is 1. The fraction of sp³-hybridized carbons (Fsp3) is 0.826. The van der Waals surface area contributed by atoms with Crippen LogP contribution in [0.15, 0.2) is 16.8 Å². The highest BCUT2D eigenvalue weighted by Crippen LogP contribution is 2.68. The van der Waals surface area contributed by atoms with Crippen molar-refractivity contribution in [2.24, 2.45) is 33.7 Å². The molecule has 3 unspecified atom stereocenters. The number of ether oxygens (including phenoxy) is 3. The van der Waals surface area contributed by atoms with Gasteiger partial charge in [0.25, 0.3) is 0 Å². The molecule has 0 radical (unpaired) electrons. The average molecular weight is 404 g/mol. The van der Waals surface area contributed by atoms with Crippen molar-refractivity contribution in [1.82, 2.24) is 0 Å². The smallest absolute Gasteiger partial charge is 0.302 e. The summed E-state index contributed by atoms with van der Waals surface area (Å²) in [4.78, 5) is 11.5. The summed E-state index contributed by atoms with van der Waals surface area (Å²) in [6.07, 6.45) is 8.85. The largest absolute Gasteiger partial charge is 0.462 e. The van der Waals surface area contributed by atoms with E-state index in [9.17, 15) is 10.0 Å². The van der Waals surface area contributed by atoms with Crippen LogP contribution in [-0.2, 0) is 19.0 Å². The molecule has 6 atom stereocenters. The molecule has 5 aliphatic rings. The number of allylic oxidation sites excluding steroid dienone is 1. The lowest BCUT2D eigenvalue weighted by atomic mass is 9.47. The molecule has 0 amide bonds. The Hall–Kier alpha value is -1.40. The number of rotatable bonds is 1. The molecule has 4 aliphatic carbocycles. The Balaban J connectivity index is 1.50. The van der Waals surface area contributed by atoms with Crippen molar-refractivity contribution in [3.8, 4) is 0 Å². The minimum Gasteiger partial charge on any atom is -0.462 e. The van der Waals surface area contributed by atoms with E-state index in [0.717, 1.165) is 50.7 Å². The summed E-state index contributed by atoms with van der Waals surface area (Å²) in [6.45, 7) is 7.54. The molecule has 0 aromatic carbocycles. The second kappa shape index (κ2) is 6.55. The molecule has 0 aromatic rings. The molecule has 160 valence electrons. The Morgan fingerprint density at radius 3 is 2.55 bits per heavy atom. The van der Waals surface area contributed by atoms with Gasteiger partial charge in [0, 0.05) is 31.1 Å². The monoisotopic (exact) mass is 403 g/mol. The highest BCUT2D eigenvalue weighted by Gasteiger charge is 2.67. The normalized spacial score (nSPS) is 46.7. The predicted octanol–water partition coefficient (Wildman–Crippen LogP) is 4.06. The van der Waals surface area contributed by atoms with E-state index in [-0.39, 0.29) is 28.8 Å². The van der Waals surface area contributed by atoms with Gasteiger partial charge in [0.15, 0.2) is 5.79 Å². The highest BCUT2D eigenvalue weighted by molar-refractivity contribution is 5.99. The summed E-state index contributed by atoms with van der Waals surface area (Å²) < 4.78 is 18.0. The molecular weight excluding hydrogens is 370 g/mol. The maximum atomic E-state index is 11.5. The van der Waals surface area contributed by atoms with E-state index in [1.165, 1.54) is 12.5 Å². The van der Waals surface area contributed by atoms with Gasteiger partial charge in [0.05, 0.1) is 18.9 Å². The lowest BCUT2D eigenvalue weighted by Gasteiger charge is -2.58. The molecule has 0 aromatic heterocycles. The fourth-order valence-electron chi connectivity index (χ4n) is 7.71. The third-order valence-electron chi connectivity index (χ3n) is 9.17. The Bertz CT molecular complexity index is 769. The predicted molar refractivity (Wildman–Crippen MR) is 106 cm³/mol. The lowest BCUT2D eigenvalue weighted by molar-refractivity contribution is -0.238. The Morgan fingerprint density at radius 1 is 1.14 bits per heavy atom. The minimum absolute atomic E-state index is 0.0444. The lowest BCUT2D eigenvalue weighted by Crippen LogP contribution is -2.57. The van der Waals surface area contributed by atoms with Gasteiger partial charge in [-0.25, -0.2) is 0 Å². The van der Waals surface area contributed by atoms with Crippen LogP contribution >= 0.6 is 0 Å². The van der Waals surface area contributed by atoms with Crippen molar-refractivity contribution in [2.75, 3.05) is 13.2 Å². The van der Waals surface area contributed by atoms with Crippen LogP contribution in [0.25, 0.3) is 0 Å². The van der Waals surface area contributed by atoms with Crippen LogP contribution in [0.2, 0.25) is 0 Å². The van der Waals surface area contributed by atoms with Gasteiger partial charge in [0.1, 0.15) is 6.10 Å². The molecule has 1 saturated heterocycles. The fourth-order valence-corrected chi connectivity index (χ4v) is 7.71. The zero-order valence-electron chi connectivity index (χ0n) is 17.8. The van der Waals surface area contributed by atoms with E-state index < -0.39 is 5.79 Å². The van der Waals surface area contributed by atoms with Gasteiger partial charge in [-0.2, -0.15) is 0 Å². The number of fused-ring (bicyclic) bond motifs is 6. The Labute approximate surface area is 172 Å². The van der Waals surface area contributed by atoms with Crippen LogP contribution in [-0.4, -0.2) is 42.0 Å². The van der Waals surface area contributed by atoms with Crippen molar-refractivity contribution < 1.29 is 24.2 Å². The summed E-state index contributed by atoms with van der Waals surface area (Å²) in [7, 11) is 0. The molecule has 1 heterocycles. The van der Waals surface area contributed by atoms with Crippen LogP contribution in [0, 0.1) is 28.6 Å². The number of nitrogens with zero attached hydrogens (tertiary/aromatic N) is 1. The summed E-state index contributed by atoms with van der Waals surface area (Å²) in [6, 6.07) is 0. The van der Waals surface area contributed by atoms with E-state index in [1.807, 2.05) is 0 Å². The van der Waals surface area contributed by atoms with Gasteiger partial charge < -0.3 is 19.4 Å². The summed E-state index contributed by atoms with van der Waals surface area (Å²) >= 11 is 0. The first kappa shape index (κ1) is 19.6. The molecular formula is C23H33NO5. The average Bonchev–Trinajstić information content (AvgIpc) is 3.28. The summed E-state index contributed by atoms with van der Waals surface area (Å²) in [5, 5.41) is 13.8. The Morgan fingerprint density at radius 2 is 1.86 bits per heavy atom. The first-order valence-electron chi connectivity index (χ1n) is 11.2. The van der Waals surface area contributed by atoms with Crippen molar-refractivity contribution in [3.05, 3.63) is 11.6 Å². The second-order valence-electron chi connectivity index (χ2n) is 10.3. The van der Waals surface area contributed by atoms with Crippen LogP contribution in [0.1, 0.15) is 65.7 Å². The van der Waals surface area contributed by atoms with Crippen molar-refractivity contribution in [3.63, 3.8) is 0 Å². The van der Waals surface area contributed by atoms with Crippen LogP contribution in [0.4, 0.5) is 0 Å². The number of carbonyl (C=O) groups excluding carboxylic acids is 1. The third-order valence-corrected chi connectivity index (χ3v) is 9.17. The molecule has 1 spiro atoms. The zero-order chi connectivity index (χ0) is 20.4. The van der Waals surface area contributed by atoms with Gasteiger partial charge in [-0.15, -0.1) is 0 Å². The van der Waals surface area contributed by atoms with Gasteiger partial charge in [0.2, 0.25) is 0 Å². The van der Waals surface area contributed by atoms with Gasteiger partial charge in [-0.05, 0) is 55.4 Å². The SMILES string of the molecule is CC(=O)O[C@H]1CC[C@@]2(C)C(=CC(=NO)C3C2CC[C@@]2(C)C3CCC23OCCO3)C1. The topological polar surface area (TPSA) is 77.4 Å². The van der Waals surface area contributed by atoms with Crippen molar-refractivity contribution >= 4 is 11.7 Å². The maximum Gasteiger partial charge on any atom is 0.302 e. The molecule has 5 rings (SSSR count).